The van der Waals surface area contributed by atoms with Crippen molar-refractivity contribution in [3.8, 4) is 0 Å². The molecule has 27 heavy (non-hydrogen) atoms. The van der Waals surface area contributed by atoms with Crippen LogP contribution in [0, 0.1) is 0 Å². The van der Waals surface area contributed by atoms with Crippen LogP contribution in [0.5, 0.6) is 0 Å². The molecule has 0 aliphatic heterocycles. The molecule has 0 unspecified atom stereocenters. The second-order valence-corrected chi connectivity index (χ2v) is 9.38. The number of unbranched alkanes of at least 4 members (excludes halogenated alkanes) is 5. The molecule has 0 radical (unpaired) electrons. The van der Waals surface area contributed by atoms with Crippen molar-refractivity contribution in [1.29, 1.82) is 0 Å². The van der Waals surface area contributed by atoms with Crippen LogP contribution in [0.4, 0.5) is 5.69 Å². The quantitative estimate of drug-likeness (QED) is 0.164. The highest BCUT2D eigenvalue weighted by Crippen LogP contribution is 2.29. The predicted molar refractivity (Wildman–Crippen MR) is 121 cm³/mol. The normalized spacial score (nSPS) is 12.3. The molecular weight excluding hydrogens is 448 g/mol. The minimum absolute atomic E-state index is 0.191. The molecule has 3 N–H and O–H groups in total. The summed E-state index contributed by atoms with van der Waals surface area (Å²) in [5.74, 6) is -0.191. The Morgan fingerprint density at radius 1 is 1.04 bits per heavy atom. The predicted octanol–water partition coefficient (Wildman–Crippen LogP) is 6.19. The summed E-state index contributed by atoms with van der Waals surface area (Å²) >= 11 is 29.0. The molecule has 0 fully saturated rings. The largest absolute Gasteiger partial charge is 0.339 e. The van der Waals surface area contributed by atoms with E-state index < -0.39 is 9.96 Å². The van der Waals surface area contributed by atoms with Crippen molar-refractivity contribution in [2.24, 2.45) is 0 Å². The van der Waals surface area contributed by atoms with Crippen molar-refractivity contribution in [3.05, 3.63) is 29.3 Å². The van der Waals surface area contributed by atoms with Crippen LogP contribution >= 0.6 is 58.6 Å². The fourth-order valence-corrected chi connectivity index (χ4v) is 3.02. The molecule has 1 atom stereocenters. The summed E-state index contributed by atoms with van der Waals surface area (Å²) in [6.45, 7) is 2.17. The van der Waals surface area contributed by atoms with Gasteiger partial charge in [-0.1, -0.05) is 85.4 Å². The Labute approximate surface area is 186 Å². The summed E-state index contributed by atoms with van der Waals surface area (Å²) in [7, 11) is 0. The van der Waals surface area contributed by atoms with Gasteiger partial charge in [-0.2, -0.15) is 0 Å². The van der Waals surface area contributed by atoms with Gasteiger partial charge in [-0.15, -0.1) is 0 Å². The average molecular weight is 473 g/mol. The van der Waals surface area contributed by atoms with E-state index in [1.807, 2.05) is 0 Å². The van der Waals surface area contributed by atoms with Gasteiger partial charge in [0.2, 0.25) is 9.70 Å². The number of hydrogen-bond donors (Lipinski definition) is 3. The van der Waals surface area contributed by atoms with Gasteiger partial charge in [0, 0.05) is 17.1 Å². The highest BCUT2D eigenvalue weighted by molar-refractivity contribution is 7.80. The zero-order valence-electron chi connectivity index (χ0n) is 15.2. The van der Waals surface area contributed by atoms with E-state index in [1.165, 1.54) is 19.3 Å². The number of alkyl halides is 3. The van der Waals surface area contributed by atoms with Gasteiger partial charge < -0.3 is 16.0 Å². The Hall–Kier alpha value is -0.460. The molecule has 0 aliphatic carbocycles. The van der Waals surface area contributed by atoms with E-state index in [0.29, 0.717) is 11.4 Å². The van der Waals surface area contributed by atoms with Gasteiger partial charge in [0.05, 0.1) is 0 Å². The minimum atomic E-state index is -1.76. The van der Waals surface area contributed by atoms with Gasteiger partial charge in [0.15, 0.2) is 5.11 Å². The Bertz CT molecular complexity index is 593. The van der Waals surface area contributed by atoms with Crippen molar-refractivity contribution >= 4 is 75.3 Å². The molecule has 1 aromatic rings. The first-order valence-electron chi connectivity index (χ1n) is 8.91. The first-order valence-corrected chi connectivity index (χ1v) is 10.8. The van der Waals surface area contributed by atoms with Crippen molar-refractivity contribution in [3.63, 3.8) is 0 Å². The van der Waals surface area contributed by atoms with E-state index in [1.54, 1.807) is 24.3 Å². The zero-order valence-corrected chi connectivity index (χ0v) is 19.0. The Kier molecular flexibility index (Phi) is 11.7. The number of thiocarbonyl (C=S) groups is 1. The van der Waals surface area contributed by atoms with Crippen LogP contribution in [0.3, 0.4) is 0 Å². The van der Waals surface area contributed by atoms with Gasteiger partial charge in [0.1, 0.15) is 6.17 Å². The molecule has 1 rings (SSSR count). The molecule has 9 heteroatoms. The third kappa shape index (κ3) is 11.2. The average Bonchev–Trinajstić information content (AvgIpc) is 2.58. The maximum Gasteiger partial charge on any atom is 0.228 e. The molecule has 0 bridgehead atoms. The second kappa shape index (κ2) is 12.9. The molecule has 0 aromatic heterocycles. The first kappa shape index (κ1) is 24.6. The summed E-state index contributed by atoms with van der Waals surface area (Å²) in [6, 6.07) is 6.97. The maximum absolute atomic E-state index is 12.2. The summed E-state index contributed by atoms with van der Waals surface area (Å²) in [5.41, 5.74) is 0.721. The molecule has 0 saturated heterocycles. The number of rotatable bonds is 10. The standard InChI is InChI=1S/C18H25Cl4N3OS/c1-2-3-4-5-6-7-8-15(26)24-16(18(20,21)22)25-17(27)23-14-11-9-13(19)10-12-14/h9-12,16H,2-8H2,1H3,(H,24,26)(H2,23,25,27)/t16-/m0/s1. The smallest absolute Gasteiger partial charge is 0.228 e. The van der Waals surface area contributed by atoms with E-state index in [4.69, 9.17) is 58.6 Å². The van der Waals surface area contributed by atoms with Crippen LogP contribution in [-0.2, 0) is 4.79 Å². The number of anilines is 1. The number of nitrogens with one attached hydrogen (secondary N) is 3. The SMILES string of the molecule is CCCCCCCCC(=O)N[C@@H](NC(=S)Nc1ccc(Cl)cc1)C(Cl)(Cl)Cl. The molecule has 0 aliphatic rings. The topological polar surface area (TPSA) is 53.2 Å². The molecule has 0 spiro atoms. The molecule has 0 saturated carbocycles. The minimum Gasteiger partial charge on any atom is -0.339 e. The fourth-order valence-electron chi connectivity index (χ4n) is 2.33. The summed E-state index contributed by atoms with van der Waals surface area (Å²) in [4.78, 5) is 12.2. The summed E-state index contributed by atoms with van der Waals surface area (Å²) in [5, 5.41) is 9.30. The number of carbonyl (C=O) groups is 1. The maximum atomic E-state index is 12.2. The highest BCUT2D eigenvalue weighted by Gasteiger charge is 2.34. The molecule has 0 heterocycles. The van der Waals surface area contributed by atoms with Crippen LogP contribution in [0.1, 0.15) is 51.9 Å². The van der Waals surface area contributed by atoms with Crippen molar-refractivity contribution in [2.75, 3.05) is 5.32 Å². The van der Waals surface area contributed by atoms with E-state index >= 15 is 0 Å². The summed E-state index contributed by atoms with van der Waals surface area (Å²) in [6.07, 6.45) is 5.98. The first-order chi connectivity index (χ1) is 12.7. The highest BCUT2D eigenvalue weighted by atomic mass is 35.6. The monoisotopic (exact) mass is 471 g/mol. The van der Waals surface area contributed by atoms with E-state index in [2.05, 4.69) is 22.9 Å². The lowest BCUT2D eigenvalue weighted by Gasteiger charge is -2.27. The molecule has 1 amide bonds. The van der Waals surface area contributed by atoms with Crippen molar-refractivity contribution in [1.82, 2.24) is 10.6 Å². The fraction of sp³-hybridized carbons (Fsp3) is 0.556. The van der Waals surface area contributed by atoms with E-state index in [-0.39, 0.29) is 11.0 Å². The van der Waals surface area contributed by atoms with E-state index in [0.717, 1.165) is 24.9 Å². The van der Waals surface area contributed by atoms with Crippen LogP contribution in [-0.4, -0.2) is 21.0 Å². The Balaban J connectivity index is 2.46. The Morgan fingerprint density at radius 3 is 2.22 bits per heavy atom. The lowest BCUT2D eigenvalue weighted by molar-refractivity contribution is -0.122. The number of halogens is 4. The molecule has 152 valence electrons. The van der Waals surface area contributed by atoms with Crippen LogP contribution < -0.4 is 16.0 Å². The van der Waals surface area contributed by atoms with Gasteiger partial charge >= 0.3 is 0 Å². The van der Waals surface area contributed by atoms with E-state index in [9.17, 15) is 4.79 Å². The number of carbonyl (C=O) groups excluding carboxylic acids is 1. The zero-order chi connectivity index (χ0) is 20.3. The summed E-state index contributed by atoms with van der Waals surface area (Å²) < 4.78 is -1.76. The van der Waals surface area contributed by atoms with Gasteiger partial charge in [-0.3, -0.25) is 4.79 Å². The van der Waals surface area contributed by atoms with Crippen molar-refractivity contribution < 1.29 is 4.79 Å². The lowest BCUT2D eigenvalue weighted by atomic mass is 10.1. The molecule has 4 nitrogen and oxygen atoms in total. The van der Waals surface area contributed by atoms with Gasteiger partial charge in [-0.25, -0.2) is 0 Å². The Morgan fingerprint density at radius 2 is 1.63 bits per heavy atom. The van der Waals surface area contributed by atoms with Gasteiger partial charge in [-0.05, 0) is 42.9 Å². The third-order valence-corrected chi connectivity index (χ3v) is 4.89. The van der Waals surface area contributed by atoms with Crippen LogP contribution in [0.25, 0.3) is 0 Å². The van der Waals surface area contributed by atoms with Gasteiger partial charge in [0.25, 0.3) is 0 Å². The molecule has 1 aromatic carbocycles. The number of hydrogen-bond acceptors (Lipinski definition) is 2. The number of benzene rings is 1. The third-order valence-electron chi connectivity index (χ3n) is 3.77. The van der Waals surface area contributed by atoms with Crippen molar-refractivity contribution in [2.45, 2.75) is 61.8 Å². The second-order valence-electron chi connectivity index (χ2n) is 6.17. The van der Waals surface area contributed by atoms with Crippen LogP contribution in [0.2, 0.25) is 5.02 Å². The molecular formula is C18H25Cl4N3OS. The number of amides is 1. The van der Waals surface area contributed by atoms with Crippen LogP contribution in [0.15, 0.2) is 24.3 Å². The lowest BCUT2D eigenvalue weighted by Crippen LogP contribution is -2.56.